The van der Waals surface area contributed by atoms with Crippen LogP contribution in [0.15, 0.2) is 41.3 Å². The molecular formula is C20H23ClF3N3O3S. The summed E-state index contributed by atoms with van der Waals surface area (Å²) >= 11 is 0. The highest BCUT2D eigenvalue weighted by atomic mass is 35.5. The van der Waals surface area contributed by atoms with Gasteiger partial charge in [-0.25, -0.2) is 21.6 Å². The molecule has 0 saturated carbocycles. The minimum absolute atomic E-state index is 0. The van der Waals surface area contributed by atoms with Gasteiger partial charge in [0.25, 0.3) is 10.0 Å². The van der Waals surface area contributed by atoms with Crippen molar-refractivity contribution in [1.29, 1.82) is 0 Å². The second-order valence-corrected chi connectivity index (χ2v) is 9.10. The zero-order chi connectivity index (χ0) is 22.1. The van der Waals surface area contributed by atoms with E-state index in [4.69, 9.17) is 5.73 Å². The Bertz CT molecular complexity index is 1050. The molecule has 1 aliphatic rings. The number of nitrogens with zero attached hydrogens (tertiary/aromatic N) is 2. The Morgan fingerprint density at radius 2 is 1.68 bits per heavy atom. The number of nitrogens with two attached hydrogens (primary N) is 1. The molecule has 1 unspecified atom stereocenters. The number of hydrogen-bond donors (Lipinski definition) is 1. The van der Waals surface area contributed by atoms with Crippen LogP contribution in [0.2, 0.25) is 0 Å². The Morgan fingerprint density at radius 3 is 2.32 bits per heavy atom. The van der Waals surface area contributed by atoms with Crippen molar-refractivity contribution in [2.75, 3.05) is 13.1 Å². The zero-order valence-corrected chi connectivity index (χ0v) is 18.4. The first-order chi connectivity index (χ1) is 14.1. The molecule has 1 atom stereocenters. The molecule has 1 saturated heterocycles. The lowest BCUT2D eigenvalue weighted by Gasteiger charge is -2.28. The van der Waals surface area contributed by atoms with E-state index in [1.807, 2.05) is 6.92 Å². The van der Waals surface area contributed by atoms with Crippen LogP contribution in [0.1, 0.15) is 24.0 Å². The van der Waals surface area contributed by atoms with Crippen molar-refractivity contribution in [2.24, 2.45) is 5.73 Å². The molecule has 3 rings (SSSR count). The lowest BCUT2D eigenvalue weighted by atomic mass is 10.0. The average molecular weight is 478 g/mol. The summed E-state index contributed by atoms with van der Waals surface area (Å²) in [5.41, 5.74) is 6.66. The van der Waals surface area contributed by atoms with Gasteiger partial charge in [-0.3, -0.25) is 9.80 Å². The number of hydrazine groups is 1. The van der Waals surface area contributed by atoms with E-state index >= 15 is 0 Å². The smallest absolute Gasteiger partial charge is 0.260 e. The number of carbonyl (C=O) groups is 1. The quantitative estimate of drug-likeness (QED) is 0.648. The molecular weight excluding hydrogens is 455 g/mol. The van der Waals surface area contributed by atoms with E-state index in [1.54, 1.807) is 12.1 Å². The summed E-state index contributed by atoms with van der Waals surface area (Å²) in [7, 11) is -3.92. The summed E-state index contributed by atoms with van der Waals surface area (Å²) in [4.78, 5) is 12.8. The van der Waals surface area contributed by atoms with Gasteiger partial charge < -0.3 is 5.73 Å². The number of amides is 1. The van der Waals surface area contributed by atoms with Crippen LogP contribution in [0.25, 0.3) is 0 Å². The summed E-state index contributed by atoms with van der Waals surface area (Å²) in [5, 5.41) is 1.12. The topological polar surface area (TPSA) is 83.7 Å². The van der Waals surface area contributed by atoms with Gasteiger partial charge in [-0.2, -0.15) is 0 Å². The van der Waals surface area contributed by atoms with Crippen LogP contribution in [0.4, 0.5) is 13.2 Å². The number of rotatable bonds is 6. The first kappa shape index (κ1) is 25.1. The molecule has 0 aliphatic carbocycles. The Morgan fingerprint density at radius 1 is 1.06 bits per heavy atom. The predicted molar refractivity (Wildman–Crippen MR) is 111 cm³/mol. The maximum Gasteiger partial charge on any atom is 0.260 e. The van der Waals surface area contributed by atoms with Crippen molar-refractivity contribution in [2.45, 2.75) is 37.1 Å². The predicted octanol–water partition coefficient (Wildman–Crippen LogP) is 2.93. The Balaban J connectivity index is 0.00000341. The largest absolute Gasteiger partial charge is 0.327 e. The van der Waals surface area contributed by atoms with Crippen molar-refractivity contribution >= 4 is 28.3 Å². The van der Waals surface area contributed by atoms with Crippen LogP contribution in [-0.4, -0.2) is 42.9 Å². The molecule has 2 N–H and O–H groups in total. The summed E-state index contributed by atoms with van der Waals surface area (Å²) in [5.74, 6) is -4.02. The Labute approximate surface area is 185 Å². The van der Waals surface area contributed by atoms with Crippen LogP contribution in [0, 0.1) is 24.4 Å². The van der Waals surface area contributed by atoms with Crippen molar-refractivity contribution < 1.29 is 26.4 Å². The highest BCUT2D eigenvalue weighted by Crippen LogP contribution is 2.24. The molecule has 0 radical (unpaired) electrons. The van der Waals surface area contributed by atoms with E-state index in [2.05, 4.69) is 0 Å². The van der Waals surface area contributed by atoms with Gasteiger partial charge in [0.15, 0.2) is 11.6 Å². The molecule has 0 spiro atoms. The van der Waals surface area contributed by atoms with Crippen LogP contribution in [0.3, 0.4) is 0 Å². The molecule has 31 heavy (non-hydrogen) atoms. The fourth-order valence-electron chi connectivity index (χ4n) is 3.32. The molecule has 1 heterocycles. The van der Waals surface area contributed by atoms with Crippen molar-refractivity contribution in [3.05, 3.63) is 65.0 Å². The van der Waals surface area contributed by atoms with Crippen LogP contribution in [-0.2, 0) is 21.2 Å². The van der Waals surface area contributed by atoms with Crippen molar-refractivity contribution in [3.63, 3.8) is 0 Å². The van der Waals surface area contributed by atoms with E-state index in [-0.39, 0.29) is 48.8 Å². The van der Waals surface area contributed by atoms with Gasteiger partial charge in [-0.05, 0) is 43.5 Å². The third-order valence-corrected chi connectivity index (χ3v) is 6.68. The fraction of sp³-hybridized carbons (Fsp3) is 0.350. The summed E-state index contributed by atoms with van der Waals surface area (Å²) < 4.78 is 67.1. The number of benzene rings is 2. The lowest BCUT2D eigenvalue weighted by Crippen LogP contribution is -2.46. The maximum absolute atomic E-state index is 13.8. The summed E-state index contributed by atoms with van der Waals surface area (Å²) in [6, 6.07) is 6.52. The van der Waals surface area contributed by atoms with E-state index in [9.17, 15) is 26.4 Å². The fourth-order valence-corrected chi connectivity index (χ4v) is 4.85. The minimum Gasteiger partial charge on any atom is -0.327 e. The molecule has 6 nitrogen and oxygen atoms in total. The van der Waals surface area contributed by atoms with Crippen LogP contribution in [0.5, 0.6) is 0 Å². The Hall–Kier alpha value is -2.14. The van der Waals surface area contributed by atoms with Gasteiger partial charge >= 0.3 is 0 Å². The monoisotopic (exact) mass is 477 g/mol. The number of hydrogen-bond acceptors (Lipinski definition) is 4. The molecule has 170 valence electrons. The van der Waals surface area contributed by atoms with E-state index in [0.29, 0.717) is 18.6 Å². The minimum atomic E-state index is -3.92. The highest BCUT2D eigenvalue weighted by molar-refractivity contribution is 7.89. The molecule has 0 aromatic heterocycles. The lowest BCUT2D eigenvalue weighted by molar-refractivity contribution is -0.138. The van der Waals surface area contributed by atoms with Crippen LogP contribution < -0.4 is 5.73 Å². The molecule has 1 fully saturated rings. The maximum atomic E-state index is 13.8. The molecule has 11 heteroatoms. The number of halogens is 4. The number of carbonyl (C=O) groups excluding carboxylic acids is 1. The highest BCUT2D eigenvalue weighted by Gasteiger charge is 2.37. The summed E-state index contributed by atoms with van der Waals surface area (Å²) in [6.07, 6.45) is -0.0183. The van der Waals surface area contributed by atoms with Gasteiger partial charge in [-0.1, -0.05) is 17.7 Å². The third kappa shape index (κ3) is 5.57. The standard InChI is InChI=1S/C20H22F3N3O3S.ClH/c1-13-3-5-16(6-4-13)30(28,29)26-8-2-7-25(26)20(27)11-15(24)9-14-10-18(22)19(23)12-17(14)21;/h3-6,10,12,15H,2,7-9,11,24H2,1H3;1H. The van der Waals surface area contributed by atoms with Gasteiger partial charge in [0.05, 0.1) is 4.90 Å². The van der Waals surface area contributed by atoms with Gasteiger partial charge in [0.1, 0.15) is 5.82 Å². The zero-order valence-electron chi connectivity index (χ0n) is 16.7. The normalized spacial score (nSPS) is 15.6. The third-order valence-electron chi connectivity index (χ3n) is 4.88. The second kappa shape index (κ2) is 9.99. The van der Waals surface area contributed by atoms with Gasteiger partial charge in [0.2, 0.25) is 5.91 Å². The molecule has 1 amide bonds. The molecule has 2 aromatic carbocycles. The number of sulfonamides is 1. The van der Waals surface area contributed by atoms with E-state index in [0.717, 1.165) is 15.0 Å². The number of aryl methyl sites for hydroxylation is 1. The van der Waals surface area contributed by atoms with Crippen molar-refractivity contribution in [1.82, 2.24) is 9.42 Å². The molecule has 0 bridgehead atoms. The van der Waals surface area contributed by atoms with Crippen molar-refractivity contribution in [3.8, 4) is 0 Å². The first-order valence-electron chi connectivity index (χ1n) is 9.38. The van der Waals surface area contributed by atoms with E-state index in [1.165, 1.54) is 12.1 Å². The molecule has 2 aromatic rings. The SMILES string of the molecule is Cc1ccc(S(=O)(=O)N2CCCN2C(=O)CC(N)Cc2cc(F)c(F)cc2F)cc1.Cl. The van der Waals surface area contributed by atoms with Gasteiger partial charge in [-0.15, -0.1) is 16.8 Å². The molecule has 1 aliphatic heterocycles. The van der Waals surface area contributed by atoms with Crippen LogP contribution >= 0.6 is 12.4 Å². The summed E-state index contributed by atoms with van der Waals surface area (Å²) in [6.45, 7) is 2.18. The second-order valence-electron chi connectivity index (χ2n) is 7.26. The first-order valence-corrected chi connectivity index (χ1v) is 10.8. The average Bonchev–Trinajstić information content (AvgIpc) is 3.17. The Kier molecular flexibility index (Phi) is 8.09. The van der Waals surface area contributed by atoms with Gasteiger partial charge in [0, 0.05) is 31.6 Å². The van der Waals surface area contributed by atoms with E-state index < -0.39 is 39.4 Å².